The van der Waals surface area contributed by atoms with Crippen molar-refractivity contribution in [2.75, 3.05) is 25.0 Å². The molecule has 0 aliphatic carbocycles. The fraction of sp³-hybridized carbons (Fsp3) is 0.577. The van der Waals surface area contributed by atoms with Gasteiger partial charge in [-0.05, 0) is 30.9 Å². The minimum absolute atomic E-state index is 0.0551. The fourth-order valence-electron chi connectivity index (χ4n) is 4.44. The lowest BCUT2D eigenvalue weighted by atomic mass is 9.87. The number of nitrogens with zero attached hydrogens (tertiary/aromatic N) is 1. The van der Waals surface area contributed by atoms with Crippen molar-refractivity contribution in [1.82, 2.24) is 15.5 Å². The van der Waals surface area contributed by atoms with Gasteiger partial charge in [0.2, 0.25) is 29.5 Å². The fourth-order valence-corrected chi connectivity index (χ4v) is 4.44. The number of likely N-dealkylation sites (tertiary alicyclic amines) is 1. The minimum Gasteiger partial charge on any atom is -0.347 e. The molecule has 1 heterocycles. The third-order valence-corrected chi connectivity index (χ3v) is 6.72. The second-order valence-corrected chi connectivity index (χ2v) is 9.23. The molecule has 1 aliphatic rings. The summed E-state index contributed by atoms with van der Waals surface area (Å²) < 4.78 is 0. The van der Waals surface area contributed by atoms with Gasteiger partial charge in [0.15, 0.2) is 0 Å². The molecule has 1 fully saturated rings. The summed E-state index contributed by atoms with van der Waals surface area (Å²) >= 11 is 0. The highest BCUT2D eigenvalue weighted by atomic mass is 16.2. The first kappa shape index (κ1) is 29.1. The molecule has 1 unspecified atom stereocenters. The summed E-state index contributed by atoms with van der Waals surface area (Å²) in [6.45, 7) is 4.10. The number of benzene rings is 1. The van der Waals surface area contributed by atoms with Crippen molar-refractivity contribution in [1.29, 1.82) is 0 Å². The standard InChI is InChI=1S/C26H39BN4O5/c1-3-19(4-2)21-14-25(35)31(26(21)36)13-7-5-6-8-22(32)28-16-23(33)29-17-24(34)30-20-11-9-18(15-27)10-12-20/h9-12,19,21H,3-8,13-17,27H2,1-2H3,(H,28,32)(H,29,33)(H,30,34). The average Bonchev–Trinajstić information content (AvgIpc) is 3.15. The molecule has 10 heteroatoms. The Hall–Kier alpha value is -3.17. The highest BCUT2D eigenvalue weighted by Crippen LogP contribution is 2.31. The van der Waals surface area contributed by atoms with E-state index in [1.165, 1.54) is 10.5 Å². The summed E-state index contributed by atoms with van der Waals surface area (Å²) in [5, 5.41) is 7.73. The number of carbonyl (C=O) groups is 5. The number of unbranched alkanes of at least 4 members (excludes halogenated alkanes) is 2. The topological polar surface area (TPSA) is 125 Å². The van der Waals surface area contributed by atoms with Gasteiger partial charge in [-0.2, -0.15) is 0 Å². The van der Waals surface area contributed by atoms with E-state index >= 15 is 0 Å². The van der Waals surface area contributed by atoms with Gasteiger partial charge < -0.3 is 16.0 Å². The first-order valence-corrected chi connectivity index (χ1v) is 13.0. The van der Waals surface area contributed by atoms with E-state index < -0.39 is 5.91 Å². The van der Waals surface area contributed by atoms with Crippen molar-refractivity contribution < 1.29 is 24.0 Å². The molecule has 1 aromatic carbocycles. The number of hydrogen-bond donors (Lipinski definition) is 3. The minimum atomic E-state index is -0.446. The van der Waals surface area contributed by atoms with Crippen LogP contribution in [0.1, 0.15) is 64.4 Å². The maximum atomic E-state index is 12.6. The van der Waals surface area contributed by atoms with Gasteiger partial charge in [-0.25, -0.2) is 0 Å². The number of imide groups is 1. The van der Waals surface area contributed by atoms with Crippen molar-refractivity contribution in [2.24, 2.45) is 11.8 Å². The molecule has 196 valence electrons. The van der Waals surface area contributed by atoms with Crippen LogP contribution in [0.4, 0.5) is 5.69 Å². The zero-order valence-corrected chi connectivity index (χ0v) is 21.7. The molecular weight excluding hydrogens is 459 g/mol. The maximum absolute atomic E-state index is 12.6. The van der Waals surface area contributed by atoms with E-state index in [-0.39, 0.29) is 55.0 Å². The number of hydrogen-bond acceptors (Lipinski definition) is 5. The number of rotatable bonds is 15. The van der Waals surface area contributed by atoms with Gasteiger partial charge in [0.1, 0.15) is 7.85 Å². The summed E-state index contributed by atoms with van der Waals surface area (Å²) in [6.07, 6.45) is 5.20. The third kappa shape index (κ3) is 9.13. The Morgan fingerprint density at radius 1 is 0.944 bits per heavy atom. The van der Waals surface area contributed by atoms with Gasteiger partial charge in [0.05, 0.1) is 19.0 Å². The van der Waals surface area contributed by atoms with Gasteiger partial charge >= 0.3 is 0 Å². The van der Waals surface area contributed by atoms with Crippen molar-refractivity contribution in [3.8, 4) is 0 Å². The Morgan fingerprint density at radius 2 is 1.58 bits per heavy atom. The molecule has 0 spiro atoms. The summed E-state index contributed by atoms with van der Waals surface area (Å²) in [7, 11) is 2.05. The predicted octanol–water partition coefficient (Wildman–Crippen LogP) is 1.36. The lowest BCUT2D eigenvalue weighted by Gasteiger charge is -2.19. The quantitative estimate of drug-likeness (QED) is 0.191. The predicted molar refractivity (Wildman–Crippen MR) is 141 cm³/mol. The van der Waals surface area contributed by atoms with Crippen LogP contribution in [0.3, 0.4) is 0 Å². The van der Waals surface area contributed by atoms with E-state index in [2.05, 4.69) is 16.0 Å². The molecule has 1 aromatic rings. The van der Waals surface area contributed by atoms with Crippen LogP contribution in [-0.4, -0.2) is 61.9 Å². The molecule has 0 radical (unpaired) electrons. The van der Waals surface area contributed by atoms with Crippen molar-refractivity contribution >= 4 is 43.1 Å². The van der Waals surface area contributed by atoms with Gasteiger partial charge in [0, 0.05) is 25.1 Å². The van der Waals surface area contributed by atoms with E-state index in [1.807, 2.05) is 46.0 Å². The van der Waals surface area contributed by atoms with Crippen LogP contribution < -0.4 is 16.0 Å². The van der Waals surface area contributed by atoms with Gasteiger partial charge in [-0.3, -0.25) is 28.9 Å². The Kier molecular flexibility index (Phi) is 12.2. The number of anilines is 1. The van der Waals surface area contributed by atoms with Gasteiger partial charge in [-0.1, -0.05) is 57.1 Å². The lowest BCUT2D eigenvalue weighted by molar-refractivity contribution is -0.140. The van der Waals surface area contributed by atoms with Crippen LogP contribution >= 0.6 is 0 Å². The van der Waals surface area contributed by atoms with Crippen molar-refractivity contribution in [3.63, 3.8) is 0 Å². The molecule has 0 aromatic heterocycles. The number of carbonyl (C=O) groups excluding carboxylic acids is 5. The molecule has 0 bridgehead atoms. The van der Waals surface area contributed by atoms with E-state index in [9.17, 15) is 24.0 Å². The van der Waals surface area contributed by atoms with Gasteiger partial charge in [-0.15, -0.1) is 0 Å². The van der Waals surface area contributed by atoms with E-state index in [1.54, 1.807) is 0 Å². The van der Waals surface area contributed by atoms with Crippen LogP contribution in [0.2, 0.25) is 0 Å². The molecule has 3 N–H and O–H groups in total. The number of nitrogens with one attached hydrogen (secondary N) is 3. The average molecular weight is 498 g/mol. The van der Waals surface area contributed by atoms with Crippen LogP contribution in [0.25, 0.3) is 0 Å². The maximum Gasteiger partial charge on any atom is 0.243 e. The van der Waals surface area contributed by atoms with Crippen LogP contribution in [0, 0.1) is 11.8 Å². The molecule has 1 saturated heterocycles. The zero-order valence-electron chi connectivity index (χ0n) is 21.7. The zero-order chi connectivity index (χ0) is 26.5. The second kappa shape index (κ2) is 15.1. The highest BCUT2D eigenvalue weighted by molar-refractivity contribution is 6.08. The molecule has 5 amide bonds. The van der Waals surface area contributed by atoms with E-state index in [0.717, 1.165) is 19.2 Å². The van der Waals surface area contributed by atoms with E-state index in [4.69, 9.17) is 0 Å². The summed E-state index contributed by atoms with van der Waals surface area (Å²) in [5.41, 5.74) is 1.82. The van der Waals surface area contributed by atoms with Gasteiger partial charge in [0.25, 0.3) is 0 Å². The van der Waals surface area contributed by atoms with Crippen LogP contribution in [0.5, 0.6) is 0 Å². The smallest absolute Gasteiger partial charge is 0.243 e. The van der Waals surface area contributed by atoms with Crippen LogP contribution in [-0.2, 0) is 30.3 Å². The molecule has 36 heavy (non-hydrogen) atoms. The summed E-state index contributed by atoms with van der Waals surface area (Å²) in [5.74, 6) is -1.14. The van der Waals surface area contributed by atoms with Crippen molar-refractivity contribution in [3.05, 3.63) is 29.8 Å². The number of amides is 5. The highest BCUT2D eigenvalue weighted by Gasteiger charge is 2.41. The lowest BCUT2D eigenvalue weighted by Crippen LogP contribution is -2.40. The summed E-state index contributed by atoms with van der Waals surface area (Å²) in [6, 6.07) is 7.48. The molecule has 2 rings (SSSR count). The SMILES string of the molecule is BCc1ccc(NC(=O)CNC(=O)CNC(=O)CCCCCN2C(=O)CC(C(CC)CC)C2=O)cc1. The molecule has 0 saturated carbocycles. The third-order valence-electron chi connectivity index (χ3n) is 6.72. The Bertz CT molecular complexity index is 917. The Balaban J connectivity index is 1.56. The van der Waals surface area contributed by atoms with E-state index in [0.29, 0.717) is 37.9 Å². The summed E-state index contributed by atoms with van der Waals surface area (Å²) in [4.78, 5) is 62.1. The molecule has 1 aliphatic heterocycles. The molecular formula is C26H39BN4O5. The monoisotopic (exact) mass is 498 g/mol. The first-order valence-electron chi connectivity index (χ1n) is 13.0. The molecule has 1 atom stereocenters. The Labute approximate surface area is 214 Å². The normalized spacial score (nSPS) is 15.3. The second-order valence-electron chi connectivity index (χ2n) is 9.23. The first-order chi connectivity index (χ1) is 17.3. The largest absolute Gasteiger partial charge is 0.347 e. The molecule has 9 nitrogen and oxygen atoms in total. The van der Waals surface area contributed by atoms with Crippen LogP contribution in [0.15, 0.2) is 24.3 Å². The Morgan fingerprint density at radius 3 is 2.22 bits per heavy atom. The van der Waals surface area contributed by atoms with Crippen molar-refractivity contribution in [2.45, 2.75) is 65.1 Å².